The van der Waals surface area contributed by atoms with E-state index in [9.17, 15) is 4.79 Å². The van der Waals surface area contributed by atoms with Crippen LogP contribution in [0.5, 0.6) is 0 Å². The first-order valence-corrected chi connectivity index (χ1v) is 8.66. The molecule has 1 amide bonds. The molecular formula is C17H34N2O. The minimum Gasteiger partial charge on any atom is -0.368 e. The number of nitrogens with two attached hydrogens (primary N) is 1. The number of carbonyl (C=O) groups excluding carboxylic acids is 1. The van der Waals surface area contributed by atoms with Crippen LogP contribution in [0, 0.1) is 5.92 Å². The first-order chi connectivity index (χ1) is 9.61. The third-order valence-electron chi connectivity index (χ3n) is 4.49. The normalized spacial score (nSPS) is 21.9. The fraction of sp³-hybridized carbons (Fsp3) is 0.941. The quantitative estimate of drug-likeness (QED) is 0.825. The zero-order valence-electron chi connectivity index (χ0n) is 13.5. The molecule has 1 fully saturated rings. The second-order valence-electron chi connectivity index (χ2n) is 6.75. The van der Waals surface area contributed by atoms with Crippen LogP contribution in [0.2, 0.25) is 0 Å². The van der Waals surface area contributed by atoms with Gasteiger partial charge in [0.25, 0.3) is 0 Å². The maximum atomic E-state index is 11.6. The molecule has 0 bridgehead atoms. The van der Waals surface area contributed by atoms with Gasteiger partial charge < -0.3 is 11.1 Å². The summed E-state index contributed by atoms with van der Waals surface area (Å²) in [5.74, 6) is 0.0694. The highest BCUT2D eigenvalue weighted by molar-refractivity contribution is 5.80. The number of amides is 1. The summed E-state index contributed by atoms with van der Waals surface area (Å²) in [5.41, 5.74) is 5.52. The van der Waals surface area contributed by atoms with Crippen LogP contribution in [0.4, 0.5) is 0 Å². The number of primary amides is 1. The number of rotatable bonds is 4. The number of carbonyl (C=O) groups is 1. The molecule has 0 saturated heterocycles. The lowest BCUT2D eigenvalue weighted by Crippen LogP contribution is -2.49. The van der Waals surface area contributed by atoms with Crippen molar-refractivity contribution in [2.75, 3.05) is 0 Å². The average Bonchev–Trinajstić information content (AvgIpc) is 2.37. The molecule has 1 unspecified atom stereocenters. The molecule has 20 heavy (non-hydrogen) atoms. The standard InChI is InChI=1S/C17H34N2O/c1-14(2)16(17(18)20)19-15-12-10-8-6-4-3-5-7-9-11-13-15/h14-16,19H,3-13H2,1-2H3,(H2,18,20). The van der Waals surface area contributed by atoms with Gasteiger partial charge in [0.2, 0.25) is 5.91 Å². The Morgan fingerprint density at radius 2 is 1.30 bits per heavy atom. The third kappa shape index (κ3) is 7.28. The maximum absolute atomic E-state index is 11.6. The second kappa shape index (κ2) is 10.2. The fourth-order valence-electron chi connectivity index (χ4n) is 3.19. The smallest absolute Gasteiger partial charge is 0.234 e. The van der Waals surface area contributed by atoms with E-state index in [1.165, 1.54) is 70.6 Å². The summed E-state index contributed by atoms with van der Waals surface area (Å²) in [6.45, 7) is 4.13. The molecule has 0 radical (unpaired) electrons. The molecule has 0 aliphatic heterocycles. The summed E-state index contributed by atoms with van der Waals surface area (Å²) in [5, 5.41) is 3.53. The van der Waals surface area contributed by atoms with Crippen molar-refractivity contribution >= 4 is 5.91 Å². The van der Waals surface area contributed by atoms with Crippen LogP contribution in [-0.4, -0.2) is 18.0 Å². The van der Waals surface area contributed by atoms with E-state index >= 15 is 0 Å². The van der Waals surface area contributed by atoms with E-state index in [2.05, 4.69) is 19.2 Å². The van der Waals surface area contributed by atoms with Crippen molar-refractivity contribution in [2.24, 2.45) is 11.7 Å². The molecule has 1 rings (SSSR count). The Bertz CT molecular complexity index is 254. The lowest BCUT2D eigenvalue weighted by atomic mass is 9.95. The summed E-state index contributed by atoms with van der Waals surface area (Å²) in [6, 6.07) is 0.294. The van der Waals surface area contributed by atoms with Crippen molar-refractivity contribution < 1.29 is 4.79 Å². The van der Waals surface area contributed by atoms with Gasteiger partial charge in [-0.1, -0.05) is 71.6 Å². The van der Waals surface area contributed by atoms with Gasteiger partial charge in [0.15, 0.2) is 0 Å². The van der Waals surface area contributed by atoms with E-state index in [0.717, 1.165) is 0 Å². The van der Waals surface area contributed by atoms with Crippen molar-refractivity contribution in [1.82, 2.24) is 5.32 Å². The van der Waals surface area contributed by atoms with Crippen LogP contribution in [0.1, 0.15) is 84.5 Å². The fourth-order valence-corrected chi connectivity index (χ4v) is 3.19. The molecule has 3 heteroatoms. The van der Waals surface area contributed by atoms with E-state index in [0.29, 0.717) is 6.04 Å². The maximum Gasteiger partial charge on any atom is 0.234 e. The van der Waals surface area contributed by atoms with Gasteiger partial charge in [-0.05, 0) is 18.8 Å². The minimum atomic E-state index is -0.203. The molecule has 1 atom stereocenters. The lowest BCUT2D eigenvalue weighted by Gasteiger charge is -2.26. The Hall–Kier alpha value is -0.570. The van der Waals surface area contributed by atoms with Crippen LogP contribution in [0.15, 0.2) is 0 Å². The number of hydrogen-bond donors (Lipinski definition) is 2. The molecule has 0 aromatic heterocycles. The van der Waals surface area contributed by atoms with Gasteiger partial charge in [-0.3, -0.25) is 4.79 Å². The molecule has 0 aromatic rings. The SMILES string of the molecule is CC(C)C(NC1CCCCCCCCCCC1)C(N)=O. The molecule has 1 aliphatic rings. The Morgan fingerprint density at radius 3 is 1.65 bits per heavy atom. The van der Waals surface area contributed by atoms with Crippen molar-refractivity contribution in [1.29, 1.82) is 0 Å². The average molecular weight is 282 g/mol. The van der Waals surface area contributed by atoms with E-state index in [1.807, 2.05) is 0 Å². The highest BCUT2D eigenvalue weighted by atomic mass is 16.1. The van der Waals surface area contributed by atoms with Crippen LogP contribution in [-0.2, 0) is 4.79 Å². The Labute approximate surface area is 125 Å². The molecule has 0 aromatic carbocycles. The Balaban J connectivity index is 2.46. The zero-order valence-corrected chi connectivity index (χ0v) is 13.5. The van der Waals surface area contributed by atoms with E-state index in [1.54, 1.807) is 0 Å². The molecule has 1 aliphatic carbocycles. The number of hydrogen-bond acceptors (Lipinski definition) is 2. The molecule has 3 nitrogen and oxygen atoms in total. The first-order valence-electron chi connectivity index (χ1n) is 8.66. The summed E-state index contributed by atoms with van der Waals surface area (Å²) >= 11 is 0. The number of nitrogens with one attached hydrogen (secondary N) is 1. The topological polar surface area (TPSA) is 55.1 Å². The van der Waals surface area contributed by atoms with Gasteiger partial charge in [0.1, 0.15) is 0 Å². The Kier molecular flexibility index (Phi) is 8.92. The van der Waals surface area contributed by atoms with Crippen LogP contribution in [0.3, 0.4) is 0 Å². The van der Waals surface area contributed by atoms with Crippen molar-refractivity contribution in [3.63, 3.8) is 0 Å². The van der Waals surface area contributed by atoms with Gasteiger partial charge >= 0.3 is 0 Å². The van der Waals surface area contributed by atoms with Crippen molar-refractivity contribution in [2.45, 2.75) is 96.6 Å². The summed E-state index contributed by atoms with van der Waals surface area (Å²) in [4.78, 5) is 11.6. The molecule has 0 spiro atoms. The highest BCUT2D eigenvalue weighted by Gasteiger charge is 2.22. The molecular weight excluding hydrogens is 248 g/mol. The van der Waals surface area contributed by atoms with Crippen LogP contribution in [0.25, 0.3) is 0 Å². The predicted molar refractivity (Wildman–Crippen MR) is 85.5 cm³/mol. The van der Waals surface area contributed by atoms with Crippen LogP contribution >= 0.6 is 0 Å². The van der Waals surface area contributed by atoms with Crippen molar-refractivity contribution in [3.8, 4) is 0 Å². The molecule has 0 heterocycles. The third-order valence-corrected chi connectivity index (χ3v) is 4.49. The summed E-state index contributed by atoms with van der Waals surface area (Å²) < 4.78 is 0. The first kappa shape index (κ1) is 17.5. The second-order valence-corrected chi connectivity index (χ2v) is 6.75. The Morgan fingerprint density at radius 1 is 0.900 bits per heavy atom. The van der Waals surface area contributed by atoms with E-state index in [-0.39, 0.29) is 17.9 Å². The van der Waals surface area contributed by atoms with E-state index < -0.39 is 0 Å². The van der Waals surface area contributed by atoms with Gasteiger partial charge in [-0.15, -0.1) is 0 Å². The predicted octanol–water partition coefficient (Wildman–Crippen LogP) is 3.76. The van der Waals surface area contributed by atoms with E-state index in [4.69, 9.17) is 5.73 Å². The van der Waals surface area contributed by atoms with Gasteiger partial charge in [0, 0.05) is 6.04 Å². The highest BCUT2D eigenvalue weighted by Crippen LogP contribution is 2.18. The molecule has 3 N–H and O–H groups in total. The molecule has 1 saturated carbocycles. The van der Waals surface area contributed by atoms with Gasteiger partial charge in [-0.2, -0.15) is 0 Å². The summed E-state index contributed by atoms with van der Waals surface area (Å²) in [7, 11) is 0. The molecule has 118 valence electrons. The van der Waals surface area contributed by atoms with Gasteiger partial charge in [-0.25, -0.2) is 0 Å². The minimum absolute atomic E-state index is 0.173. The van der Waals surface area contributed by atoms with Gasteiger partial charge in [0.05, 0.1) is 6.04 Å². The zero-order chi connectivity index (χ0) is 14.8. The lowest BCUT2D eigenvalue weighted by molar-refractivity contribution is -0.121. The monoisotopic (exact) mass is 282 g/mol. The largest absolute Gasteiger partial charge is 0.368 e. The summed E-state index contributed by atoms with van der Waals surface area (Å²) in [6.07, 6.45) is 14.6. The van der Waals surface area contributed by atoms with Crippen molar-refractivity contribution in [3.05, 3.63) is 0 Å². The van der Waals surface area contributed by atoms with Crippen LogP contribution < -0.4 is 11.1 Å².